The van der Waals surface area contributed by atoms with Gasteiger partial charge in [0.15, 0.2) is 0 Å². The van der Waals surface area contributed by atoms with Gasteiger partial charge in [0.1, 0.15) is 0 Å². The van der Waals surface area contributed by atoms with E-state index in [1.54, 1.807) is 0 Å². The molecule has 0 aromatic heterocycles. The van der Waals surface area contributed by atoms with Crippen LogP contribution in [0.1, 0.15) is 52.9 Å². The number of nitrogen functional groups attached to an aromatic ring is 1. The maximum absolute atomic E-state index is 6.02. The first kappa shape index (κ1) is 16.2. The van der Waals surface area contributed by atoms with Crippen molar-refractivity contribution >= 4 is 11.4 Å². The number of nitrogens with one attached hydrogen (secondary N) is 1. The molecule has 2 rings (SSSR count). The molecule has 1 saturated heterocycles. The van der Waals surface area contributed by atoms with Crippen molar-refractivity contribution in [3.8, 4) is 0 Å². The molecule has 3 nitrogen and oxygen atoms in total. The second-order valence-electron chi connectivity index (χ2n) is 6.91. The maximum atomic E-state index is 6.02. The van der Waals surface area contributed by atoms with Crippen molar-refractivity contribution in [1.29, 1.82) is 0 Å². The molecule has 1 aromatic rings. The Bertz CT molecular complexity index is 434. The van der Waals surface area contributed by atoms with E-state index >= 15 is 0 Å². The molecule has 0 amide bonds. The van der Waals surface area contributed by atoms with Crippen molar-refractivity contribution < 1.29 is 0 Å². The molecule has 0 aliphatic carbocycles. The van der Waals surface area contributed by atoms with E-state index < -0.39 is 0 Å². The summed E-state index contributed by atoms with van der Waals surface area (Å²) in [6, 6.07) is 8.62. The summed E-state index contributed by atoms with van der Waals surface area (Å²) < 4.78 is 0. The lowest BCUT2D eigenvalue weighted by atomic mass is 9.91. The molecule has 0 bridgehead atoms. The van der Waals surface area contributed by atoms with Crippen LogP contribution in [0.4, 0.5) is 11.4 Å². The van der Waals surface area contributed by atoms with Gasteiger partial charge in [0.05, 0.1) is 11.4 Å². The Kier molecular flexibility index (Phi) is 5.51. The van der Waals surface area contributed by atoms with E-state index in [2.05, 4.69) is 37.1 Å². The lowest BCUT2D eigenvalue weighted by Crippen LogP contribution is -2.50. The average molecular weight is 289 g/mol. The maximum Gasteiger partial charge on any atom is 0.0576 e. The third-order valence-corrected chi connectivity index (χ3v) is 4.81. The highest BCUT2D eigenvalue weighted by Gasteiger charge is 2.30. The second kappa shape index (κ2) is 7.17. The third kappa shape index (κ3) is 4.37. The van der Waals surface area contributed by atoms with Gasteiger partial charge < -0.3 is 11.1 Å². The number of likely N-dealkylation sites (tertiary alicyclic amines) is 1. The Labute approximate surface area is 129 Å². The minimum Gasteiger partial charge on any atom is -0.397 e. The van der Waals surface area contributed by atoms with Crippen molar-refractivity contribution in [2.45, 2.75) is 64.5 Å². The first-order valence-electron chi connectivity index (χ1n) is 8.39. The summed E-state index contributed by atoms with van der Waals surface area (Å²) in [7, 11) is 0. The van der Waals surface area contributed by atoms with E-state index in [1.807, 2.05) is 18.2 Å². The molecule has 1 heterocycles. The summed E-state index contributed by atoms with van der Waals surface area (Å²) in [5.41, 5.74) is 8.29. The zero-order valence-corrected chi connectivity index (χ0v) is 13.9. The van der Waals surface area contributed by atoms with Gasteiger partial charge in [-0.25, -0.2) is 0 Å². The number of nitrogens with zero attached hydrogens (tertiary/aromatic N) is 1. The van der Waals surface area contributed by atoms with Gasteiger partial charge in [0.2, 0.25) is 0 Å². The summed E-state index contributed by atoms with van der Waals surface area (Å²) in [4.78, 5) is 2.66. The monoisotopic (exact) mass is 289 g/mol. The van der Waals surface area contributed by atoms with E-state index in [0.717, 1.165) is 11.4 Å². The summed E-state index contributed by atoms with van der Waals surface area (Å²) >= 11 is 0. The van der Waals surface area contributed by atoms with Crippen molar-refractivity contribution in [2.75, 3.05) is 24.1 Å². The molecule has 3 heteroatoms. The van der Waals surface area contributed by atoms with E-state index in [-0.39, 0.29) is 0 Å². The summed E-state index contributed by atoms with van der Waals surface area (Å²) in [5, 5.41) is 3.61. The number of nitrogens with two attached hydrogens (primary N) is 1. The SMILES string of the molecule is CCCCC(C)(C)N1CCC(Nc2ccccc2N)CC1. The van der Waals surface area contributed by atoms with Crippen LogP contribution in [-0.4, -0.2) is 29.6 Å². The average Bonchev–Trinajstić information content (AvgIpc) is 2.48. The fourth-order valence-corrected chi connectivity index (χ4v) is 3.25. The summed E-state index contributed by atoms with van der Waals surface area (Å²) in [6.07, 6.45) is 6.31. The van der Waals surface area contributed by atoms with E-state index in [9.17, 15) is 0 Å². The van der Waals surface area contributed by atoms with Crippen LogP contribution in [0.3, 0.4) is 0 Å². The van der Waals surface area contributed by atoms with Gasteiger partial charge in [-0.15, -0.1) is 0 Å². The van der Waals surface area contributed by atoms with Gasteiger partial charge >= 0.3 is 0 Å². The second-order valence-corrected chi connectivity index (χ2v) is 6.91. The molecule has 0 unspecified atom stereocenters. The van der Waals surface area contributed by atoms with E-state index in [4.69, 9.17) is 5.73 Å². The van der Waals surface area contributed by atoms with Crippen LogP contribution in [0.15, 0.2) is 24.3 Å². The Morgan fingerprint density at radius 3 is 2.52 bits per heavy atom. The van der Waals surface area contributed by atoms with Crippen LogP contribution in [0, 0.1) is 0 Å². The van der Waals surface area contributed by atoms with Gasteiger partial charge in [-0.1, -0.05) is 31.9 Å². The number of hydrogen-bond donors (Lipinski definition) is 2. The highest BCUT2D eigenvalue weighted by atomic mass is 15.2. The quantitative estimate of drug-likeness (QED) is 0.774. The van der Waals surface area contributed by atoms with Crippen LogP contribution in [0.2, 0.25) is 0 Å². The summed E-state index contributed by atoms with van der Waals surface area (Å²) in [5.74, 6) is 0. The molecule has 1 aliphatic heterocycles. The van der Waals surface area contributed by atoms with Crippen molar-refractivity contribution in [2.24, 2.45) is 0 Å². The Balaban J connectivity index is 1.84. The molecule has 1 aromatic carbocycles. The largest absolute Gasteiger partial charge is 0.397 e. The fourth-order valence-electron chi connectivity index (χ4n) is 3.25. The van der Waals surface area contributed by atoms with Gasteiger partial charge in [-0.2, -0.15) is 0 Å². The molecular weight excluding hydrogens is 258 g/mol. The summed E-state index contributed by atoms with van der Waals surface area (Å²) in [6.45, 7) is 9.43. The van der Waals surface area contributed by atoms with Crippen LogP contribution < -0.4 is 11.1 Å². The van der Waals surface area contributed by atoms with Crippen molar-refractivity contribution in [3.05, 3.63) is 24.3 Å². The van der Waals surface area contributed by atoms with Crippen LogP contribution in [-0.2, 0) is 0 Å². The van der Waals surface area contributed by atoms with Gasteiger partial charge in [-0.3, -0.25) is 4.90 Å². The predicted molar refractivity (Wildman–Crippen MR) is 92.7 cm³/mol. The molecule has 3 N–H and O–H groups in total. The van der Waals surface area contributed by atoms with Gasteiger partial charge in [0, 0.05) is 24.7 Å². The molecule has 0 spiro atoms. The lowest BCUT2D eigenvalue weighted by Gasteiger charge is -2.43. The number of rotatable bonds is 6. The molecule has 1 aliphatic rings. The molecule has 118 valence electrons. The molecular formula is C18H31N3. The Morgan fingerprint density at radius 2 is 1.90 bits per heavy atom. The number of hydrogen-bond acceptors (Lipinski definition) is 3. The smallest absolute Gasteiger partial charge is 0.0576 e. The Morgan fingerprint density at radius 1 is 1.24 bits per heavy atom. The number of benzene rings is 1. The highest BCUT2D eigenvalue weighted by Crippen LogP contribution is 2.27. The minimum absolute atomic E-state index is 0.340. The molecule has 1 fully saturated rings. The predicted octanol–water partition coefficient (Wildman–Crippen LogP) is 4.11. The third-order valence-electron chi connectivity index (χ3n) is 4.81. The topological polar surface area (TPSA) is 41.3 Å². The number of unbranched alkanes of at least 4 members (excludes halogenated alkanes) is 1. The first-order chi connectivity index (χ1) is 10.0. The number of anilines is 2. The zero-order chi connectivity index (χ0) is 15.3. The molecule has 0 atom stereocenters. The number of para-hydroxylation sites is 2. The van der Waals surface area contributed by atoms with Crippen molar-refractivity contribution in [1.82, 2.24) is 4.90 Å². The highest BCUT2D eigenvalue weighted by molar-refractivity contribution is 5.65. The molecule has 21 heavy (non-hydrogen) atoms. The number of piperidine rings is 1. The van der Waals surface area contributed by atoms with Crippen LogP contribution in [0.25, 0.3) is 0 Å². The van der Waals surface area contributed by atoms with E-state index in [1.165, 1.54) is 45.2 Å². The van der Waals surface area contributed by atoms with Crippen LogP contribution >= 0.6 is 0 Å². The molecule has 0 saturated carbocycles. The van der Waals surface area contributed by atoms with Gasteiger partial charge in [-0.05, 0) is 45.2 Å². The van der Waals surface area contributed by atoms with Gasteiger partial charge in [0.25, 0.3) is 0 Å². The molecule has 0 radical (unpaired) electrons. The van der Waals surface area contributed by atoms with Crippen molar-refractivity contribution in [3.63, 3.8) is 0 Å². The standard InChI is InChI=1S/C18H31N3/c1-4-5-12-18(2,3)21-13-10-15(11-14-21)20-17-9-7-6-8-16(17)19/h6-9,15,20H,4-5,10-14,19H2,1-3H3. The fraction of sp³-hybridized carbons (Fsp3) is 0.667. The van der Waals surface area contributed by atoms with Crippen LogP contribution in [0.5, 0.6) is 0 Å². The zero-order valence-electron chi connectivity index (χ0n) is 13.9. The van der Waals surface area contributed by atoms with E-state index in [0.29, 0.717) is 11.6 Å². The lowest BCUT2D eigenvalue weighted by molar-refractivity contribution is 0.0822. The Hall–Kier alpha value is -1.22. The first-order valence-corrected chi connectivity index (χ1v) is 8.39. The minimum atomic E-state index is 0.340. The normalized spacial score (nSPS) is 17.9.